The smallest absolute Gasteiger partial charge is 0.329 e. The van der Waals surface area contributed by atoms with Crippen molar-refractivity contribution in [2.45, 2.75) is 192 Å². The fourth-order valence-corrected chi connectivity index (χ4v) is 11.7. The van der Waals surface area contributed by atoms with Crippen molar-refractivity contribution in [2.75, 3.05) is 35.0 Å². The maximum Gasteiger partial charge on any atom is 0.329 e. The van der Waals surface area contributed by atoms with Crippen molar-refractivity contribution >= 4 is 17.7 Å². The van der Waals surface area contributed by atoms with Crippen LogP contribution in [-0.4, -0.2) is 144 Å². The van der Waals surface area contributed by atoms with Crippen LogP contribution >= 0.6 is 0 Å². The molecule has 5 N–H and O–H groups in total. The van der Waals surface area contributed by atoms with Crippen LogP contribution in [0.5, 0.6) is 11.5 Å². The summed E-state index contributed by atoms with van der Waals surface area (Å²) in [5.74, 6) is -6.05. The van der Waals surface area contributed by atoms with Crippen molar-refractivity contribution in [3.63, 3.8) is 0 Å². The summed E-state index contributed by atoms with van der Waals surface area (Å²) in [7, 11) is 6.21. The molecule has 15 nitrogen and oxygen atoms in total. The van der Waals surface area contributed by atoms with Crippen LogP contribution in [0.25, 0.3) is 0 Å². The molecule has 2 saturated heterocycles. The SMILES string of the molecule is COc1ccc([C@H]2C[C@@H]3CC[C@@H](C)[C@@](O)(O3)C(=O)C(=O)N3CCCCC3C(=O)O[C@H]([C@H](C)CC3CC[C@@H](O)[C@H](OC)C3)C[C@H](O)[C@H](C)C=C(C)[C@@H](O)[C@@H](OC)[C@@H](O)[C@H](C)C[C@H](C)C=CC=CC=C2C)c(OC)c1. The van der Waals surface area contributed by atoms with Crippen LogP contribution in [0.2, 0.25) is 0 Å². The number of esters is 1. The number of fused-ring (bicyclic) bond motifs is 3. The number of Topliss-reactive ketones (excluding diaryl/α,β-unsaturated/α-hetero) is 1. The quantitative estimate of drug-likeness (QED) is 0.0968. The van der Waals surface area contributed by atoms with E-state index in [4.69, 9.17) is 28.4 Å². The number of ether oxygens (including phenoxy) is 6. The largest absolute Gasteiger partial charge is 0.497 e. The van der Waals surface area contributed by atoms with E-state index in [0.717, 1.165) is 17.6 Å². The molecule has 0 spiro atoms. The maximum absolute atomic E-state index is 14.6. The number of benzene rings is 1. The fraction of sp³-hybridized carbons (Fsp3) is 0.707. The van der Waals surface area contributed by atoms with Crippen molar-refractivity contribution in [2.24, 2.45) is 35.5 Å². The fourth-order valence-electron chi connectivity index (χ4n) is 11.7. The molecule has 1 amide bonds. The van der Waals surface area contributed by atoms with E-state index >= 15 is 0 Å². The average molecular weight is 1020 g/mol. The molecular weight excluding hydrogens is 935 g/mol. The van der Waals surface area contributed by atoms with Gasteiger partial charge in [0.05, 0.1) is 44.7 Å². The number of carbonyl (C=O) groups is 3. The second kappa shape index (κ2) is 27.7. The van der Waals surface area contributed by atoms with Gasteiger partial charge in [-0.2, -0.15) is 0 Å². The van der Waals surface area contributed by atoms with Gasteiger partial charge in [-0.15, -0.1) is 0 Å². The zero-order valence-corrected chi connectivity index (χ0v) is 45.5. The molecule has 5 rings (SSSR count). The van der Waals surface area contributed by atoms with Crippen LogP contribution in [0.15, 0.2) is 65.8 Å². The van der Waals surface area contributed by atoms with Crippen molar-refractivity contribution in [1.82, 2.24) is 4.90 Å². The Morgan fingerprint density at radius 1 is 0.808 bits per heavy atom. The molecule has 3 heterocycles. The van der Waals surface area contributed by atoms with E-state index in [1.807, 2.05) is 70.2 Å². The second-order valence-electron chi connectivity index (χ2n) is 21.9. The summed E-state index contributed by atoms with van der Waals surface area (Å²) in [6.45, 7) is 13.3. The Bertz CT molecular complexity index is 2090. The van der Waals surface area contributed by atoms with Gasteiger partial charge in [0.2, 0.25) is 5.79 Å². The standard InChI is InChI=1S/C58H89NO14/c1-34-17-13-12-14-18-35(2)45(44-24-23-42(68-8)32-50(44)69-9)31-43-22-20-40(7)58(67,73-43)55(64)56(65)59-26-16-15-19-46(59)57(66)72-49(37(4)29-41-21-25-47(60)51(30-41)70-10)33-48(61)36(3)28-39(6)53(63)54(71-11)52(62)38(5)27-34/h12-14,17-18,23-24,28,32,34,36-38,40-41,43,45-49,51-54,60-63,67H,15-16,19-22,25-27,29-31,33H2,1-11H3/t34-,36-,37-,38-,40-,41?,43+,45+,46?,47-,48+,49+,51-,52+,53-,54+,58-/m1/s1. The lowest BCUT2D eigenvalue weighted by Crippen LogP contribution is -2.60. The lowest BCUT2D eigenvalue weighted by molar-refractivity contribution is -0.264. The lowest BCUT2D eigenvalue weighted by Gasteiger charge is -2.43. The van der Waals surface area contributed by atoms with Crippen LogP contribution in [0.3, 0.4) is 0 Å². The number of aliphatic hydroxyl groups excluding tert-OH is 4. The zero-order valence-electron chi connectivity index (χ0n) is 45.5. The number of hydrogen-bond donors (Lipinski definition) is 5. The third-order valence-corrected chi connectivity index (χ3v) is 16.5. The normalized spacial score (nSPS) is 36.8. The van der Waals surface area contributed by atoms with Gasteiger partial charge in [-0.1, -0.05) is 82.7 Å². The topological polar surface area (TPSA) is 211 Å². The van der Waals surface area contributed by atoms with Crippen molar-refractivity contribution in [3.8, 4) is 11.5 Å². The van der Waals surface area contributed by atoms with E-state index in [2.05, 4.69) is 13.0 Å². The minimum absolute atomic E-state index is 0.0229. The van der Waals surface area contributed by atoms with Gasteiger partial charge in [0.15, 0.2) is 0 Å². The molecule has 3 aliphatic heterocycles. The monoisotopic (exact) mass is 1020 g/mol. The number of piperidine rings is 1. The predicted molar refractivity (Wildman–Crippen MR) is 279 cm³/mol. The Labute approximate surface area is 435 Å². The highest BCUT2D eigenvalue weighted by atomic mass is 16.6. The highest BCUT2D eigenvalue weighted by Crippen LogP contribution is 2.43. The highest BCUT2D eigenvalue weighted by Gasteiger charge is 2.53. The summed E-state index contributed by atoms with van der Waals surface area (Å²) < 4.78 is 35.5. The first kappa shape index (κ1) is 59.9. The number of ketones is 1. The zero-order chi connectivity index (χ0) is 53.7. The summed E-state index contributed by atoms with van der Waals surface area (Å²) in [4.78, 5) is 44.9. The number of methoxy groups -OCH3 is 4. The number of nitrogens with zero attached hydrogens (tertiary/aromatic N) is 1. The van der Waals surface area contributed by atoms with Crippen LogP contribution < -0.4 is 9.47 Å². The predicted octanol–water partition coefficient (Wildman–Crippen LogP) is 7.55. The first-order valence-electron chi connectivity index (χ1n) is 26.8. The Kier molecular flexibility index (Phi) is 22.8. The molecule has 0 aromatic heterocycles. The Morgan fingerprint density at radius 2 is 1.55 bits per heavy atom. The number of cyclic esters (lactones) is 1. The number of allylic oxidation sites excluding steroid dienone is 6. The van der Waals surface area contributed by atoms with E-state index in [1.54, 1.807) is 41.3 Å². The molecule has 2 unspecified atom stereocenters. The Balaban J connectivity index is 1.53. The van der Waals surface area contributed by atoms with Gasteiger partial charge >= 0.3 is 5.97 Å². The Morgan fingerprint density at radius 3 is 2.23 bits per heavy atom. The molecule has 15 heteroatoms. The summed E-state index contributed by atoms with van der Waals surface area (Å²) in [6.07, 6.45) is 10.8. The van der Waals surface area contributed by atoms with E-state index in [0.29, 0.717) is 74.9 Å². The third kappa shape index (κ3) is 15.4. The molecule has 3 fully saturated rings. The molecule has 1 aliphatic carbocycles. The number of carbonyl (C=O) groups excluding carboxylic acids is 3. The van der Waals surface area contributed by atoms with Crippen molar-refractivity contribution in [3.05, 3.63) is 71.4 Å². The summed E-state index contributed by atoms with van der Waals surface area (Å²) in [5, 5.41) is 58.0. The van der Waals surface area contributed by atoms with Crippen LogP contribution in [0, 0.1) is 35.5 Å². The average Bonchev–Trinajstić information content (AvgIpc) is 3.38. The van der Waals surface area contributed by atoms with Crippen molar-refractivity contribution < 1.29 is 68.3 Å². The summed E-state index contributed by atoms with van der Waals surface area (Å²) in [5.41, 5.74) is 2.29. The van der Waals surface area contributed by atoms with Gasteiger partial charge in [0.1, 0.15) is 35.9 Å². The van der Waals surface area contributed by atoms with E-state index in [1.165, 1.54) is 12.0 Å². The molecule has 4 aliphatic rings. The van der Waals surface area contributed by atoms with Crippen molar-refractivity contribution in [1.29, 1.82) is 0 Å². The first-order valence-corrected chi connectivity index (χ1v) is 26.8. The molecule has 410 valence electrons. The summed E-state index contributed by atoms with van der Waals surface area (Å²) in [6, 6.07) is 4.46. The maximum atomic E-state index is 14.6. The number of rotatable bonds is 8. The van der Waals surface area contributed by atoms with E-state index in [-0.39, 0.29) is 55.1 Å². The van der Waals surface area contributed by atoms with E-state index in [9.17, 15) is 39.9 Å². The second-order valence-corrected chi connectivity index (χ2v) is 21.9. The van der Waals surface area contributed by atoms with Crippen LogP contribution in [0.1, 0.15) is 137 Å². The minimum atomic E-state index is -2.47. The molecule has 73 heavy (non-hydrogen) atoms. The van der Waals surface area contributed by atoms with E-state index < -0.39 is 84.1 Å². The molecule has 2 bridgehead atoms. The van der Waals surface area contributed by atoms with Gasteiger partial charge < -0.3 is 58.9 Å². The molecule has 1 saturated carbocycles. The Hall–Kier alpha value is -3.93. The van der Waals surface area contributed by atoms with Gasteiger partial charge in [-0.05, 0) is 120 Å². The molecule has 1 aromatic carbocycles. The van der Waals surface area contributed by atoms with Gasteiger partial charge in [0.25, 0.3) is 11.7 Å². The van der Waals surface area contributed by atoms with Gasteiger partial charge in [-0.25, -0.2) is 4.79 Å². The highest BCUT2D eigenvalue weighted by molar-refractivity contribution is 6.39. The first-order chi connectivity index (χ1) is 34.7. The van der Waals surface area contributed by atoms with Crippen LogP contribution in [-0.2, 0) is 33.3 Å². The van der Waals surface area contributed by atoms with Crippen LogP contribution in [0.4, 0.5) is 0 Å². The van der Waals surface area contributed by atoms with Gasteiger partial charge in [-0.3, -0.25) is 9.59 Å². The molecule has 17 atom stereocenters. The lowest BCUT2D eigenvalue weighted by atomic mass is 9.78. The molecular formula is C58H89NO14. The van der Waals surface area contributed by atoms with Gasteiger partial charge in [0, 0.05) is 56.6 Å². The third-order valence-electron chi connectivity index (χ3n) is 16.5. The number of amides is 1. The molecule has 1 aromatic rings. The number of hydrogen-bond acceptors (Lipinski definition) is 14. The molecule has 0 radical (unpaired) electrons. The summed E-state index contributed by atoms with van der Waals surface area (Å²) >= 11 is 0. The minimum Gasteiger partial charge on any atom is -0.497 e. The number of aliphatic hydroxyl groups is 5.